The van der Waals surface area contributed by atoms with E-state index in [2.05, 4.69) is 40.0 Å². The largest absolute Gasteiger partial charge is 0.378 e. The molecule has 4 rings (SSSR count). The third kappa shape index (κ3) is 4.01. The second kappa shape index (κ2) is 8.15. The molecule has 1 amide bonds. The van der Waals surface area contributed by atoms with Gasteiger partial charge in [-0.1, -0.05) is 18.2 Å². The Bertz CT molecular complexity index is 798. The van der Waals surface area contributed by atoms with E-state index in [9.17, 15) is 4.79 Å². The highest BCUT2D eigenvalue weighted by Gasteiger charge is 2.22. The minimum atomic E-state index is -0.0748. The monoisotopic (exact) mass is 366 g/mol. The molecule has 0 spiro atoms. The minimum Gasteiger partial charge on any atom is -0.378 e. The lowest BCUT2D eigenvalue weighted by Crippen LogP contribution is -2.41. The van der Waals surface area contributed by atoms with Crippen LogP contribution in [0.2, 0.25) is 0 Å². The molecule has 142 valence electrons. The zero-order chi connectivity index (χ0) is 18.6. The number of amides is 1. The Balaban J connectivity index is 1.56. The van der Waals surface area contributed by atoms with Gasteiger partial charge in [-0.15, -0.1) is 0 Å². The van der Waals surface area contributed by atoms with Crippen LogP contribution in [0.1, 0.15) is 41.9 Å². The summed E-state index contributed by atoms with van der Waals surface area (Å²) in [5.41, 5.74) is 3.42. The molecule has 2 aliphatic heterocycles. The molecule has 6 heteroatoms. The van der Waals surface area contributed by atoms with Crippen LogP contribution in [0.3, 0.4) is 0 Å². The molecule has 0 bridgehead atoms. The van der Waals surface area contributed by atoms with Crippen LogP contribution < -0.4 is 0 Å². The SMILES string of the molecule is C[C@H](c1cccc(-c2cncc(C(=O)N3CCOCC3)n2)c1)N1CCCC1. The predicted molar refractivity (Wildman–Crippen MR) is 103 cm³/mol. The fourth-order valence-corrected chi connectivity index (χ4v) is 3.83. The van der Waals surface area contributed by atoms with Gasteiger partial charge in [-0.05, 0) is 44.5 Å². The molecule has 0 saturated carbocycles. The topological polar surface area (TPSA) is 58.6 Å². The molecule has 6 nitrogen and oxygen atoms in total. The maximum absolute atomic E-state index is 12.7. The molecular weight excluding hydrogens is 340 g/mol. The van der Waals surface area contributed by atoms with Crippen molar-refractivity contribution in [3.8, 4) is 11.3 Å². The summed E-state index contributed by atoms with van der Waals surface area (Å²) < 4.78 is 5.32. The zero-order valence-corrected chi connectivity index (χ0v) is 15.8. The van der Waals surface area contributed by atoms with Gasteiger partial charge in [0, 0.05) is 24.7 Å². The Morgan fingerprint density at radius 2 is 1.89 bits per heavy atom. The van der Waals surface area contributed by atoms with Crippen LogP contribution >= 0.6 is 0 Å². The molecule has 0 unspecified atom stereocenters. The molecule has 3 heterocycles. The van der Waals surface area contributed by atoms with Gasteiger partial charge in [0.2, 0.25) is 0 Å². The van der Waals surface area contributed by atoms with Gasteiger partial charge in [-0.25, -0.2) is 4.98 Å². The lowest BCUT2D eigenvalue weighted by atomic mass is 10.0. The fraction of sp³-hybridized carbons (Fsp3) is 0.476. The van der Waals surface area contributed by atoms with Gasteiger partial charge >= 0.3 is 0 Å². The second-order valence-corrected chi connectivity index (χ2v) is 7.24. The summed E-state index contributed by atoms with van der Waals surface area (Å²) in [6, 6.07) is 8.83. The average molecular weight is 366 g/mol. The van der Waals surface area contributed by atoms with Crippen molar-refractivity contribution < 1.29 is 9.53 Å². The van der Waals surface area contributed by atoms with Crippen molar-refractivity contribution in [2.24, 2.45) is 0 Å². The molecular formula is C21H26N4O2. The first-order valence-corrected chi connectivity index (χ1v) is 9.76. The number of benzene rings is 1. The number of likely N-dealkylation sites (tertiary alicyclic amines) is 1. The third-order valence-electron chi connectivity index (χ3n) is 5.51. The van der Waals surface area contributed by atoms with Gasteiger partial charge in [0.15, 0.2) is 0 Å². The van der Waals surface area contributed by atoms with Crippen molar-refractivity contribution in [3.63, 3.8) is 0 Å². The van der Waals surface area contributed by atoms with E-state index in [-0.39, 0.29) is 5.91 Å². The smallest absolute Gasteiger partial charge is 0.274 e. The molecule has 0 aliphatic carbocycles. The average Bonchev–Trinajstić information content (AvgIpc) is 3.28. The van der Waals surface area contributed by atoms with Crippen molar-refractivity contribution in [1.82, 2.24) is 19.8 Å². The van der Waals surface area contributed by atoms with Crippen molar-refractivity contribution in [3.05, 3.63) is 47.9 Å². The first kappa shape index (κ1) is 18.1. The van der Waals surface area contributed by atoms with E-state index in [0.29, 0.717) is 38.0 Å². The van der Waals surface area contributed by atoms with Crippen LogP contribution in [-0.4, -0.2) is 65.1 Å². The van der Waals surface area contributed by atoms with E-state index in [4.69, 9.17) is 4.74 Å². The molecule has 1 atom stereocenters. The highest BCUT2D eigenvalue weighted by molar-refractivity contribution is 5.92. The molecule has 2 aliphatic rings. The van der Waals surface area contributed by atoms with Gasteiger partial charge in [0.1, 0.15) is 5.69 Å². The Morgan fingerprint density at radius 3 is 2.67 bits per heavy atom. The van der Waals surface area contributed by atoms with Gasteiger partial charge in [0.25, 0.3) is 5.91 Å². The molecule has 1 aromatic heterocycles. The lowest BCUT2D eigenvalue weighted by molar-refractivity contribution is 0.0299. The normalized spacial score (nSPS) is 19.2. The number of morpholine rings is 1. The maximum Gasteiger partial charge on any atom is 0.274 e. The number of nitrogens with zero attached hydrogens (tertiary/aromatic N) is 4. The van der Waals surface area contributed by atoms with Gasteiger partial charge in [-0.2, -0.15) is 0 Å². The van der Waals surface area contributed by atoms with Crippen molar-refractivity contribution in [1.29, 1.82) is 0 Å². The first-order chi connectivity index (χ1) is 13.2. The molecule has 0 N–H and O–H groups in total. The summed E-state index contributed by atoms with van der Waals surface area (Å²) in [5, 5.41) is 0. The number of hydrogen-bond acceptors (Lipinski definition) is 5. The predicted octanol–water partition coefficient (Wildman–Crippen LogP) is 2.77. The van der Waals surface area contributed by atoms with Crippen molar-refractivity contribution in [2.75, 3.05) is 39.4 Å². The van der Waals surface area contributed by atoms with E-state index in [0.717, 1.165) is 24.3 Å². The molecule has 2 aromatic rings. The summed E-state index contributed by atoms with van der Waals surface area (Å²) in [6.45, 7) is 6.95. The standard InChI is InChI=1S/C21H26N4O2/c1-16(24-7-2-3-8-24)17-5-4-6-18(13-17)19-14-22-15-20(23-19)21(26)25-9-11-27-12-10-25/h4-6,13-16H,2-3,7-12H2,1H3/t16-/m1/s1. The number of carbonyl (C=O) groups excluding carboxylic acids is 1. The van der Waals surface area contributed by atoms with E-state index in [1.807, 2.05) is 6.07 Å². The van der Waals surface area contributed by atoms with Crippen molar-refractivity contribution in [2.45, 2.75) is 25.8 Å². The Kier molecular flexibility index (Phi) is 5.45. The van der Waals surface area contributed by atoms with E-state index < -0.39 is 0 Å². The number of ether oxygens (including phenoxy) is 1. The van der Waals surface area contributed by atoms with Gasteiger partial charge < -0.3 is 9.64 Å². The summed E-state index contributed by atoms with van der Waals surface area (Å²) >= 11 is 0. The molecule has 0 radical (unpaired) electrons. The van der Waals surface area contributed by atoms with Crippen molar-refractivity contribution >= 4 is 5.91 Å². The van der Waals surface area contributed by atoms with E-state index in [1.54, 1.807) is 17.3 Å². The molecule has 2 fully saturated rings. The summed E-state index contributed by atoms with van der Waals surface area (Å²) in [6.07, 6.45) is 5.84. The fourth-order valence-electron chi connectivity index (χ4n) is 3.83. The quantitative estimate of drug-likeness (QED) is 0.833. The van der Waals surface area contributed by atoms with Crippen LogP contribution in [0.4, 0.5) is 0 Å². The van der Waals surface area contributed by atoms with Crippen LogP contribution in [-0.2, 0) is 4.74 Å². The molecule has 2 saturated heterocycles. The second-order valence-electron chi connectivity index (χ2n) is 7.24. The Labute approximate surface area is 160 Å². The van der Waals surface area contributed by atoms with Crippen LogP contribution in [0.5, 0.6) is 0 Å². The Hall–Kier alpha value is -2.31. The highest BCUT2D eigenvalue weighted by atomic mass is 16.5. The lowest BCUT2D eigenvalue weighted by Gasteiger charge is -2.26. The van der Waals surface area contributed by atoms with Crippen LogP contribution in [0.15, 0.2) is 36.7 Å². The van der Waals surface area contributed by atoms with Gasteiger partial charge in [0.05, 0.1) is 31.3 Å². The zero-order valence-electron chi connectivity index (χ0n) is 15.8. The van der Waals surface area contributed by atoms with E-state index in [1.165, 1.54) is 18.4 Å². The van der Waals surface area contributed by atoms with Gasteiger partial charge in [-0.3, -0.25) is 14.7 Å². The highest BCUT2D eigenvalue weighted by Crippen LogP contribution is 2.27. The summed E-state index contributed by atoms with van der Waals surface area (Å²) in [4.78, 5) is 25.9. The first-order valence-electron chi connectivity index (χ1n) is 9.76. The number of aromatic nitrogens is 2. The number of carbonyl (C=O) groups is 1. The summed E-state index contributed by atoms with van der Waals surface area (Å²) in [5.74, 6) is -0.0748. The molecule has 1 aromatic carbocycles. The van der Waals surface area contributed by atoms with Crippen LogP contribution in [0, 0.1) is 0 Å². The van der Waals surface area contributed by atoms with E-state index >= 15 is 0 Å². The number of hydrogen-bond donors (Lipinski definition) is 0. The maximum atomic E-state index is 12.7. The Morgan fingerprint density at radius 1 is 1.11 bits per heavy atom. The van der Waals surface area contributed by atoms with Crippen LogP contribution in [0.25, 0.3) is 11.3 Å². The summed E-state index contributed by atoms with van der Waals surface area (Å²) in [7, 11) is 0. The third-order valence-corrected chi connectivity index (χ3v) is 5.51. The number of rotatable bonds is 4. The minimum absolute atomic E-state index is 0.0748. The molecule has 27 heavy (non-hydrogen) atoms.